The maximum atomic E-state index is 12.7. The fourth-order valence-corrected chi connectivity index (χ4v) is 2.08. The van der Waals surface area contributed by atoms with Gasteiger partial charge in [-0.15, -0.1) is 0 Å². The van der Waals surface area contributed by atoms with Crippen LogP contribution in [0.15, 0.2) is 65.7 Å². The number of cyclic esters (lactones) is 1. The molecule has 2 aromatic rings. The Morgan fingerprint density at radius 2 is 1.70 bits per heavy atom. The van der Waals surface area contributed by atoms with Gasteiger partial charge in [-0.3, -0.25) is 0 Å². The van der Waals surface area contributed by atoms with E-state index in [9.17, 15) is 18.0 Å². The fraction of sp³-hybridized carbons (Fsp3) is 0.0588. The highest BCUT2D eigenvalue weighted by atomic mass is 19.4. The molecule has 116 valence electrons. The zero-order valence-electron chi connectivity index (χ0n) is 11.7. The van der Waals surface area contributed by atoms with E-state index in [4.69, 9.17) is 4.74 Å². The summed E-state index contributed by atoms with van der Waals surface area (Å²) in [4.78, 5) is 15.8. The molecule has 0 radical (unpaired) electrons. The van der Waals surface area contributed by atoms with Crippen LogP contribution < -0.4 is 0 Å². The number of halogens is 3. The van der Waals surface area contributed by atoms with Crippen LogP contribution in [0.25, 0.3) is 5.76 Å². The second-order valence-corrected chi connectivity index (χ2v) is 4.81. The Balaban J connectivity index is 1.94. The minimum atomic E-state index is -4.46. The number of carbonyl (C=O) groups is 1. The van der Waals surface area contributed by atoms with E-state index in [2.05, 4.69) is 4.99 Å². The fourth-order valence-electron chi connectivity index (χ4n) is 2.08. The van der Waals surface area contributed by atoms with Crippen LogP contribution in [0.5, 0.6) is 0 Å². The van der Waals surface area contributed by atoms with Crippen molar-refractivity contribution in [2.75, 3.05) is 0 Å². The minimum Gasteiger partial charge on any atom is -0.421 e. The van der Waals surface area contributed by atoms with E-state index in [0.29, 0.717) is 11.3 Å². The number of alkyl halides is 3. The number of benzene rings is 2. The highest BCUT2D eigenvalue weighted by Crippen LogP contribution is 2.32. The van der Waals surface area contributed by atoms with Gasteiger partial charge < -0.3 is 4.74 Å². The molecule has 3 rings (SSSR count). The topological polar surface area (TPSA) is 38.7 Å². The Hall–Kier alpha value is -2.89. The normalized spacial score (nSPS) is 16.4. The summed E-state index contributed by atoms with van der Waals surface area (Å²) < 4.78 is 43.2. The largest absolute Gasteiger partial charge is 0.421 e. The molecule has 0 fully saturated rings. The summed E-state index contributed by atoms with van der Waals surface area (Å²) in [6.45, 7) is 0. The van der Waals surface area contributed by atoms with Gasteiger partial charge in [-0.25, -0.2) is 9.79 Å². The number of hydrogen-bond acceptors (Lipinski definition) is 3. The number of hydrogen-bond donors (Lipinski definition) is 0. The smallest absolute Gasteiger partial charge is 0.416 e. The lowest BCUT2D eigenvalue weighted by Crippen LogP contribution is -2.07. The molecule has 3 nitrogen and oxygen atoms in total. The second-order valence-electron chi connectivity index (χ2n) is 4.81. The number of nitrogens with zero attached hydrogens (tertiary/aromatic N) is 1. The summed E-state index contributed by atoms with van der Waals surface area (Å²) in [5.41, 5.74) is -0.131. The van der Waals surface area contributed by atoms with Crippen LogP contribution in [0.3, 0.4) is 0 Å². The standard InChI is InChI=1S/C17H10F3NO2/c18-17(19,20)12-7-4-8-13(9-12)21-14-10-15(23-16(14)22)11-5-2-1-3-6-11/h1-10H. The van der Waals surface area contributed by atoms with Crippen LogP contribution in [-0.2, 0) is 15.7 Å². The van der Waals surface area contributed by atoms with Crippen molar-refractivity contribution in [3.8, 4) is 0 Å². The average molecular weight is 317 g/mol. The van der Waals surface area contributed by atoms with Crippen molar-refractivity contribution in [1.82, 2.24) is 0 Å². The molecule has 0 N–H and O–H groups in total. The van der Waals surface area contributed by atoms with Crippen LogP contribution in [0, 0.1) is 0 Å². The highest BCUT2D eigenvalue weighted by Gasteiger charge is 2.30. The molecule has 1 heterocycles. The number of esters is 1. The van der Waals surface area contributed by atoms with Gasteiger partial charge in [0.05, 0.1) is 11.3 Å². The van der Waals surface area contributed by atoms with Gasteiger partial charge >= 0.3 is 12.1 Å². The van der Waals surface area contributed by atoms with E-state index in [0.717, 1.165) is 12.1 Å². The van der Waals surface area contributed by atoms with Crippen LogP contribution in [0.2, 0.25) is 0 Å². The predicted molar refractivity (Wildman–Crippen MR) is 79.1 cm³/mol. The predicted octanol–water partition coefficient (Wildman–Crippen LogP) is 4.38. The lowest BCUT2D eigenvalue weighted by Gasteiger charge is -2.06. The van der Waals surface area contributed by atoms with Crippen molar-refractivity contribution in [2.45, 2.75) is 6.18 Å². The Labute approximate surface area is 129 Å². The second kappa shape index (κ2) is 5.72. The van der Waals surface area contributed by atoms with Crippen LogP contribution in [0.4, 0.5) is 18.9 Å². The van der Waals surface area contributed by atoms with E-state index >= 15 is 0 Å². The number of carbonyl (C=O) groups excluding carboxylic acids is 1. The average Bonchev–Trinajstić information content (AvgIpc) is 2.89. The molecule has 0 saturated heterocycles. The van der Waals surface area contributed by atoms with Crippen molar-refractivity contribution < 1.29 is 22.7 Å². The first-order chi connectivity index (χ1) is 10.9. The number of ether oxygens (including phenoxy) is 1. The van der Waals surface area contributed by atoms with Gasteiger partial charge in [0.1, 0.15) is 5.76 Å². The maximum absolute atomic E-state index is 12.7. The molecule has 0 amide bonds. The molecule has 0 aliphatic carbocycles. The first-order valence-corrected chi connectivity index (χ1v) is 6.69. The van der Waals surface area contributed by atoms with Crippen molar-refractivity contribution in [2.24, 2.45) is 4.99 Å². The third-order valence-corrected chi connectivity index (χ3v) is 3.16. The van der Waals surface area contributed by atoms with Gasteiger partial charge in [0.2, 0.25) is 0 Å². The van der Waals surface area contributed by atoms with E-state index in [1.807, 2.05) is 6.07 Å². The molecule has 1 aliphatic heterocycles. The molecule has 0 bridgehead atoms. The van der Waals surface area contributed by atoms with Gasteiger partial charge in [-0.2, -0.15) is 13.2 Å². The van der Waals surface area contributed by atoms with Crippen LogP contribution in [0.1, 0.15) is 11.1 Å². The third-order valence-electron chi connectivity index (χ3n) is 3.16. The van der Waals surface area contributed by atoms with Gasteiger partial charge in [-0.1, -0.05) is 36.4 Å². The van der Waals surface area contributed by atoms with Crippen molar-refractivity contribution in [3.05, 3.63) is 71.8 Å². The summed E-state index contributed by atoms with van der Waals surface area (Å²) >= 11 is 0. The molecular formula is C17H10F3NO2. The molecule has 0 aromatic heterocycles. The zero-order chi connectivity index (χ0) is 16.4. The van der Waals surface area contributed by atoms with Crippen LogP contribution in [-0.4, -0.2) is 11.7 Å². The molecule has 23 heavy (non-hydrogen) atoms. The summed E-state index contributed by atoms with van der Waals surface area (Å²) in [5.74, 6) is -0.373. The van der Waals surface area contributed by atoms with E-state index in [1.54, 1.807) is 24.3 Å². The number of rotatable bonds is 2. The Morgan fingerprint density at radius 3 is 2.39 bits per heavy atom. The van der Waals surface area contributed by atoms with Crippen LogP contribution >= 0.6 is 0 Å². The highest BCUT2D eigenvalue weighted by molar-refractivity contribution is 6.46. The van der Waals surface area contributed by atoms with Gasteiger partial charge in [0.15, 0.2) is 5.71 Å². The monoisotopic (exact) mass is 317 g/mol. The maximum Gasteiger partial charge on any atom is 0.416 e. The molecule has 1 aliphatic rings. The molecular weight excluding hydrogens is 307 g/mol. The summed E-state index contributed by atoms with van der Waals surface area (Å²) in [6.07, 6.45) is -3.05. The minimum absolute atomic E-state index is 0.0387. The molecule has 0 unspecified atom stereocenters. The van der Waals surface area contributed by atoms with Gasteiger partial charge in [-0.05, 0) is 18.2 Å². The molecule has 0 spiro atoms. The quantitative estimate of drug-likeness (QED) is 0.771. The number of aliphatic imine (C=N–C) groups is 1. The molecule has 0 atom stereocenters. The summed E-state index contributed by atoms with van der Waals surface area (Å²) in [6, 6.07) is 13.4. The first kappa shape index (κ1) is 15.0. The third kappa shape index (κ3) is 3.31. The van der Waals surface area contributed by atoms with E-state index in [1.165, 1.54) is 18.2 Å². The SMILES string of the molecule is O=C1OC(c2ccccc2)=CC1=Nc1cccc(C(F)(F)F)c1. The molecule has 6 heteroatoms. The van der Waals surface area contributed by atoms with Gasteiger partial charge in [0.25, 0.3) is 0 Å². The Bertz CT molecular complexity index is 808. The van der Waals surface area contributed by atoms with Gasteiger partial charge in [0, 0.05) is 11.6 Å². The zero-order valence-corrected chi connectivity index (χ0v) is 11.7. The summed E-state index contributed by atoms with van der Waals surface area (Å²) in [5, 5.41) is 0. The molecule has 0 saturated carbocycles. The molecule has 2 aromatic carbocycles. The summed E-state index contributed by atoms with van der Waals surface area (Å²) in [7, 11) is 0. The van der Waals surface area contributed by atoms with E-state index < -0.39 is 17.7 Å². The lowest BCUT2D eigenvalue weighted by molar-refractivity contribution is -0.137. The Kier molecular flexibility index (Phi) is 3.73. The Morgan fingerprint density at radius 1 is 0.957 bits per heavy atom. The lowest BCUT2D eigenvalue weighted by atomic mass is 10.1. The first-order valence-electron chi connectivity index (χ1n) is 6.69. The van der Waals surface area contributed by atoms with Crippen molar-refractivity contribution in [1.29, 1.82) is 0 Å². The van der Waals surface area contributed by atoms with E-state index in [-0.39, 0.29) is 11.4 Å². The van der Waals surface area contributed by atoms with Crippen molar-refractivity contribution in [3.63, 3.8) is 0 Å². The van der Waals surface area contributed by atoms with Crippen molar-refractivity contribution >= 4 is 23.1 Å².